The predicted octanol–water partition coefficient (Wildman–Crippen LogP) is 2.86. The molecule has 2 aromatic carbocycles. The molecule has 2 rings (SSSR count). The predicted molar refractivity (Wildman–Crippen MR) is 89.0 cm³/mol. The number of benzene rings is 2. The lowest BCUT2D eigenvalue weighted by Crippen LogP contribution is -2.14. The summed E-state index contributed by atoms with van der Waals surface area (Å²) in [6, 6.07) is 12.2. The highest BCUT2D eigenvalue weighted by Crippen LogP contribution is 2.20. The Hall–Kier alpha value is -1.12. The fraction of sp³-hybridized carbons (Fsp3) is 0.143. The average Bonchev–Trinajstić information content (AvgIpc) is 2.38. The second-order valence-corrected chi connectivity index (χ2v) is 7.34. The number of nitrogens with two attached hydrogens (primary N) is 1. The molecule has 0 unspecified atom stereocenters. The van der Waals surface area contributed by atoms with Crippen molar-refractivity contribution in [2.45, 2.75) is 18.4 Å². The number of rotatable bonds is 4. The van der Waals surface area contributed by atoms with E-state index < -0.39 is 10.0 Å². The molecule has 0 aliphatic carbocycles. The molecule has 6 heteroatoms. The van der Waals surface area contributed by atoms with Gasteiger partial charge in [-0.25, -0.2) is 8.42 Å². The Balaban J connectivity index is 2.35. The second-order valence-electron chi connectivity index (χ2n) is 4.41. The van der Waals surface area contributed by atoms with Crippen molar-refractivity contribution in [2.24, 2.45) is 5.73 Å². The molecule has 0 radical (unpaired) electrons. The quantitative estimate of drug-likeness (QED) is 0.773. The SMILES string of the molecule is Cc1ccc(S(=O)(=O)Nc2cccc(I)c2)cc1CN. The van der Waals surface area contributed by atoms with Crippen molar-refractivity contribution >= 4 is 38.3 Å². The molecule has 0 saturated heterocycles. The number of hydrogen-bond acceptors (Lipinski definition) is 3. The first-order valence-electron chi connectivity index (χ1n) is 6.00. The van der Waals surface area contributed by atoms with Gasteiger partial charge in [-0.2, -0.15) is 0 Å². The van der Waals surface area contributed by atoms with Crippen molar-refractivity contribution in [3.8, 4) is 0 Å². The van der Waals surface area contributed by atoms with Crippen LogP contribution in [0.3, 0.4) is 0 Å². The van der Waals surface area contributed by atoms with Gasteiger partial charge in [0.2, 0.25) is 0 Å². The van der Waals surface area contributed by atoms with Gasteiger partial charge in [-0.3, -0.25) is 4.72 Å². The van der Waals surface area contributed by atoms with Crippen LogP contribution in [-0.2, 0) is 16.6 Å². The molecule has 2 aromatic rings. The molecule has 20 heavy (non-hydrogen) atoms. The van der Waals surface area contributed by atoms with Crippen molar-refractivity contribution in [1.82, 2.24) is 0 Å². The number of anilines is 1. The van der Waals surface area contributed by atoms with Crippen molar-refractivity contribution in [3.05, 3.63) is 57.2 Å². The number of sulfonamides is 1. The smallest absolute Gasteiger partial charge is 0.261 e. The molecule has 0 aliphatic rings. The monoisotopic (exact) mass is 402 g/mol. The summed E-state index contributed by atoms with van der Waals surface area (Å²) in [6.07, 6.45) is 0. The Morgan fingerprint density at radius 1 is 1.20 bits per heavy atom. The first-order valence-corrected chi connectivity index (χ1v) is 8.56. The van der Waals surface area contributed by atoms with E-state index in [4.69, 9.17) is 5.73 Å². The molecule has 0 fully saturated rings. The van der Waals surface area contributed by atoms with Crippen LogP contribution in [0.2, 0.25) is 0 Å². The third kappa shape index (κ3) is 3.50. The van der Waals surface area contributed by atoms with Crippen molar-refractivity contribution in [2.75, 3.05) is 4.72 Å². The number of aryl methyl sites for hydroxylation is 1. The summed E-state index contributed by atoms with van der Waals surface area (Å²) in [5.41, 5.74) is 7.98. The molecule has 4 nitrogen and oxygen atoms in total. The molecule has 0 amide bonds. The topological polar surface area (TPSA) is 72.2 Å². The van der Waals surface area contributed by atoms with Gasteiger partial charge in [0.1, 0.15) is 0 Å². The maximum atomic E-state index is 12.3. The highest BCUT2D eigenvalue weighted by atomic mass is 127. The van der Waals surface area contributed by atoms with E-state index in [9.17, 15) is 8.42 Å². The van der Waals surface area contributed by atoms with Crippen LogP contribution in [0.5, 0.6) is 0 Å². The fourth-order valence-corrected chi connectivity index (χ4v) is 3.44. The summed E-state index contributed by atoms with van der Waals surface area (Å²) in [4.78, 5) is 0.224. The molecule has 0 atom stereocenters. The summed E-state index contributed by atoms with van der Waals surface area (Å²) < 4.78 is 28.2. The van der Waals surface area contributed by atoms with Gasteiger partial charge in [-0.15, -0.1) is 0 Å². The molecular weight excluding hydrogens is 387 g/mol. The standard InChI is InChI=1S/C14H15IN2O2S/c1-10-5-6-14(7-11(10)9-16)20(18,19)17-13-4-2-3-12(15)8-13/h2-8,17H,9,16H2,1H3. The van der Waals surface area contributed by atoms with Crippen LogP contribution in [0, 0.1) is 10.5 Å². The number of hydrogen-bond donors (Lipinski definition) is 2. The van der Waals surface area contributed by atoms with Gasteiger partial charge >= 0.3 is 0 Å². The largest absolute Gasteiger partial charge is 0.326 e. The third-order valence-electron chi connectivity index (χ3n) is 2.93. The Morgan fingerprint density at radius 2 is 1.95 bits per heavy atom. The normalized spacial score (nSPS) is 11.3. The first kappa shape index (κ1) is 15.3. The molecule has 0 spiro atoms. The molecule has 0 bridgehead atoms. The van der Waals surface area contributed by atoms with Gasteiger partial charge in [0.05, 0.1) is 4.90 Å². The minimum absolute atomic E-state index is 0.224. The summed E-state index contributed by atoms with van der Waals surface area (Å²) in [5, 5.41) is 0. The molecule has 0 saturated carbocycles. The zero-order valence-corrected chi connectivity index (χ0v) is 13.9. The van der Waals surface area contributed by atoms with Gasteiger partial charge in [0.15, 0.2) is 0 Å². The lowest BCUT2D eigenvalue weighted by atomic mass is 10.1. The zero-order valence-electron chi connectivity index (χ0n) is 10.9. The Morgan fingerprint density at radius 3 is 2.60 bits per heavy atom. The Bertz CT molecular complexity index is 730. The van der Waals surface area contributed by atoms with Crippen LogP contribution in [0.15, 0.2) is 47.4 Å². The van der Waals surface area contributed by atoms with E-state index in [1.54, 1.807) is 36.4 Å². The lowest BCUT2D eigenvalue weighted by Gasteiger charge is -2.10. The van der Waals surface area contributed by atoms with E-state index in [0.717, 1.165) is 14.7 Å². The molecular formula is C14H15IN2O2S. The molecule has 106 valence electrons. The van der Waals surface area contributed by atoms with Gasteiger partial charge in [-0.05, 0) is 71.0 Å². The van der Waals surface area contributed by atoms with Gasteiger partial charge < -0.3 is 5.73 Å². The van der Waals surface area contributed by atoms with E-state index in [2.05, 4.69) is 27.3 Å². The molecule has 3 N–H and O–H groups in total. The second kappa shape index (κ2) is 6.11. The van der Waals surface area contributed by atoms with E-state index in [-0.39, 0.29) is 4.90 Å². The Kier molecular flexibility index (Phi) is 4.66. The van der Waals surface area contributed by atoms with Crippen LogP contribution < -0.4 is 10.5 Å². The van der Waals surface area contributed by atoms with Crippen molar-refractivity contribution in [1.29, 1.82) is 0 Å². The number of halogens is 1. The zero-order chi connectivity index (χ0) is 14.8. The van der Waals surface area contributed by atoms with Crippen LogP contribution in [0.4, 0.5) is 5.69 Å². The summed E-state index contributed by atoms with van der Waals surface area (Å²) in [6.45, 7) is 2.23. The van der Waals surface area contributed by atoms with Gasteiger partial charge in [0.25, 0.3) is 10.0 Å². The molecule has 0 aromatic heterocycles. The van der Waals surface area contributed by atoms with Gasteiger partial charge in [-0.1, -0.05) is 12.1 Å². The van der Waals surface area contributed by atoms with Crippen LogP contribution in [0.25, 0.3) is 0 Å². The number of nitrogens with one attached hydrogen (secondary N) is 1. The van der Waals surface area contributed by atoms with E-state index in [0.29, 0.717) is 12.2 Å². The van der Waals surface area contributed by atoms with E-state index in [1.807, 2.05) is 13.0 Å². The lowest BCUT2D eigenvalue weighted by molar-refractivity contribution is 0.601. The Labute approximate surface area is 132 Å². The van der Waals surface area contributed by atoms with Crippen LogP contribution in [0.1, 0.15) is 11.1 Å². The summed E-state index contributed by atoms with van der Waals surface area (Å²) in [5.74, 6) is 0. The minimum atomic E-state index is -3.59. The van der Waals surface area contributed by atoms with Crippen LogP contribution in [-0.4, -0.2) is 8.42 Å². The van der Waals surface area contributed by atoms with Gasteiger partial charge in [0, 0.05) is 15.8 Å². The van der Waals surface area contributed by atoms with Crippen LogP contribution >= 0.6 is 22.6 Å². The maximum absolute atomic E-state index is 12.3. The summed E-state index contributed by atoms with van der Waals surface area (Å²) >= 11 is 2.14. The van der Waals surface area contributed by atoms with E-state index >= 15 is 0 Å². The maximum Gasteiger partial charge on any atom is 0.261 e. The third-order valence-corrected chi connectivity index (χ3v) is 4.98. The summed E-state index contributed by atoms with van der Waals surface area (Å²) in [7, 11) is -3.59. The van der Waals surface area contributed by atoms with E-state index in [1.165, 1.54) is 0 Å². The average molecular weight is 402 g/mol. The molecule has 0 aliphatic heterocycles. The minimum Gasteiger partial charge on any atom is -0.326 e. The van der Waals surface area contributed by atoms with Crippen molar-refractivity contribution < 1.29 is 8.42 Å². The highest BCUT2D eigenvalue weighted by Gasteiger charge is 2.15. The molecule has 0 heterocycles. The fourth-order valence-electron chi connectivity index (χ4n) is 1.80. The van der Waals surface area contributed by atoms with Crippen molar-refractivity contribution in [3.63, 3.8) is 0 Å². The highest BCUT2D eigenvalue weighted by molar-refractivity contribution is 14.1. The first-order chi connectivity index (χ1) is 9.42.